The number of rotatable bonds is 4. The van der Waals surface area contributed by atoms with E-state index in [1.807, 2.05) is 60.7 Å². The van der Waals surface area contributed by atoms with Gasteiger partial charge in [0.05, 0.1) is 35.2 Å². The van der Waals surface area contributed by atoms with E-state index in [9.17, 15) is 0 Å². The van der Waals surface area contributed by atoms with Crippen LogP contribution in [0.5, 0.6) is 5.75 Å². The van der Waals surface area contributed by atoms with Gasteiger partial charge in [-0.1, -0.05) is 78.9 Å². The van der Waals surface area contributed by atoms with Crippen LogP contribution in [0.1, 0.15) is 0 Å². The molecule has 0 bridgehead atoms. The lowest BCUT2D eigenvalue weighted by Gasteiger charge is -2.13. The van der Waals surface area contributed by atoms with E-state index >= 15 is 0 Å². The first-order valence-electron chi connectivity index (χ1n) is 11.0. The summed E-state index contributed by atoms with van der Waals surface area (Å²) in [7, 11) is 1.70. The topological polar surface area (TPSA) is 39.4 Å². The largest absolute Gasteiger partial charge is 0.495 e. The van der Waals surface area contributed by atoms with Gasteiger partial charge in [-0.25, -0.2) is 9.98 Å². The van der Waals surface area contributed by atoms with Crippen molar-refractivity contribution in [3.8, 4) is 22.7 Å². The second-order valence-electron chi connectivity index (χ2n) is 7.88. The van der Waals surface area contributed by atoms with Gasteiger partial charge in [-0.15, -0.1) is 11.3 Å². The maximum absolute atomic E-state index is 5.74. The molecule has 0 unspecified atom stereocenters. The van der Waals surface area contributed by atoms with E-state index in [-0.39, 0.29) is 0 Å². The third-order valence-electron chi connectivity index (χ3n) is 5.87. The highest BCUT2D eigenvalue weighted by Gasteiger charge is 2.15. The summed E-state index contributed by atoms with van der Waals surface area (Å²) in [5, 5.41) is 4.22. The van der Waals surface area contributed by atoms with Crippen molar-refractivity contribution >= 4 is 38.8 Å². The summed E-state index contributed by atoms with van der Waals surface area (Å²) in [5.41, 5.74) is 5.93. The van der Waals surface area contributed by atoms with E-state index in [4.69, 9.17) is 14.7 Å². The molecule has 0 spiro atoms. The molecular weight excluding hydrogens is 438 g/mol. The Hall–Kier alpha value is -4.22. The predicted molar refractivity (Wildman–Crippen MR) is 140 cm³/mol. The van der Waals surface area contributed by atoms with Gasteiger partial charge in [-0.3, -0.25) is 4.57 Å². The monoisotopic (exact) mass is 459 g/mol. The Bertz CT molecular complexity index is 1650. The highest BCUT2D eigenvalue weighted by atomic mass is 32.1. The van der Waals surface area contributed by atoms with Crippen LogP contribution in [0.15, 0.2) is 114 Å². The zero-order valence-electron chi connectivity index (χ0n) is 18.6. The minimum atomic E-state index is 0.795. The molecule has 34 heavy (non-hydrogen) atoms. The van der Waals surface area contributed by atoms with Crippen LogP contribution in [-0.2, 0) is 0 Å². The van der Waals surface area contributed by atoms with Crippen LogP contribution < -0.4 is 9.54 Å². The molecule has 0 fully saturated rings. The van der Waals surface area contributed by atoms with Crippen molar-refractivity contribution in [3.05, 3.63) is 113 Å². The molecule has 0 aliphatic heterocycles. The molecule has 4 nitrogen and oxygen atoms in total. The molecule has 164 valence electrons. The van der Waals surface area contributed by atoms with Crippen molar-refractivity contribution in [2.45, 2.75) is 0 Å². The first-order valence-corrected chi connectivity index (χ1v) is 11.9. The molecule has 0 atom stereocenters. The Kier molecular flexibility index (Phi) is 5.17. The Balaban J connectivity index is 1.72. The number of benzene rings is 4. The SMILES string of the molecule is COc1ccccc1-n1c(-c2ccccc2)csc1=Nc1c2ccccc2nc2ccccc12. The fourth-order valence-electron chi connectivity index (χ4n) is 4.28. The van der Waals surface area contributed by atoms with Gasteiger partial charge < -0.3 is 4.74 Å². The Morgan fingerprint density at radius 1 is 0.735 bits per heavy atom. The predicted octanol–water partition coefficient (Wildman–Crippen LogP) is 7.15. The van der Waals surface area contributed by atoms with Crippen molar-refractivity contribution < 1.29 is 4.74 Å². The number of nitrogens with zero attached hydrogens (tertiary/aromatic N) is 3. The van der Waals surface area contributed by atoms with E-state index < -0.39 is 0 Å². The van der Waals surface area contributed by atoms with E-state index in [2.05, 4.69) is 52.4 Å². The molecule has 6 rings (SSSR count). The Labute approximate surface area is 201 Å². The minimum Gasteiger partial charge on any atom is -0.495 e. The third-order valence-corrected chi connectivity index (χ3v) is 6.70. The summed E-state index contributed by atoms with van der Waals surface area (Å²) in [6.07, 6.45) is 0. The van der Waals surface area contributed by atoms with Crippen LogP contribution in [0, 0.1) is 0 Å². The van der Waals surface area contributed by atoms with Crippen LogP contribution in [0.25, 0.3) is 38.8 Å². The van der Waals surface area contributed by atoms with Gasteiger partial charge in [0.15, 0.2) is 4.80 Å². The molecule has 6 aromatic rings. The lowest BCUT2D eigenvalue weighted by atomic mass is 10.1. The third kappa shape index (κ3) is 3.47. The van der Waals surface area contributed by atoms with Gasteiger partial charge in [0.2, 0.25) is 0 Å². The zero-order valence-corrected chi connectivity index (χ0v) is 19.4. The molecule has 4 aromatic carbocycles. The fraction of sp³-hybridized carbons (Fsp3) is 0.0345. The fourth-order valence-corrected chi connectivity index (χ4v) is 5.19. The first-order chi connectivity index (χ1) is 16.8. The van der Waals surface area contributed by atoms with Crippen LogP contribution in [0.4, 0.5) is 5.69 Å². The van der Waals surface area contributed by atoms with Gasteiger partial charge in [0.1, 0.15) is 5.75 Å². The molecule has 2 aromatic heterocycles. The summed E-state index contributed by atoms with van der Waals surface area (Å²) in [5.74, 6) is 0.795. The number of para-hydroxylation sites is 4. The second-order valence-corrected chi connectivity index (χ2v) is 8.72. The maximum atomic E-state index is 5.74. The highest BCUT2D eigenvalue weighted by molar-refractivity contribution is 7.07. The average molecular weight is 460 g/mol. The summed E-state index contributed by atoms with van der Waals surface area (Å²) in [4.78, 5) is 11.0. The van der Waals surface area contributed by atoms with Gasteiger partial charge in [-0.2, -0.15) is 0 Å². The molecule has 2 heterocycles. The summed E-state index contributed by atoms with van der Waals surface area (Å²) >= 11 is 1.62. The standard InChI is InChI=1S/C29H21N3OS/c1-33-27-18-10-9-17-25(27)32-26(20-11-3-2-4-12-20)19-34-29(32)31-28-21-13-5-7-15-23(21)30-24-16-8-6-14-22(24)28/h2-19H,1H3. The summed E-state index contributed by atoms with van der Waals surface area (Å²) < 4.78 is 7.92. The summed E-state index contributed by atoms with van der Waals surface area (Å²) in [6, 6.07) is 34.8. The van der Waals surface area contributed by atoms with Crippen molar-refractivity contribution in [1.29, 1.82) is 0 Å². The Morgan fingerprint density at radius 2 is 1.35 bits per heavy atom. The number of hydrogen-bond donors (Lipinski definition) is 0. The molecule has 0 aliphatic carbocycles. The zero-order chi connectivity index (χ0) is 22.9. The van der Waals surface area contributed by atoms with Crippen LogP contribution in [0.2, 0.25) is 0 Å². The van der Waals surface area contributed by atoms with Crippen molar-refractivity contribution in [2.24, 2.45) is 4.99 Å². The minimum absolute atomic E-state index is 0.795. The molecule has 0 saturated carbocycles. The number of fused-ring (bicyclic) bond motifs is 2. The van der Waals surface area contributed by atoms with Crippen molar-refractivity contribution in [3.63, 3.8) is 0 Å². The Morgan fingerprint density at radius 3 is 2.06 bits per heavy atom. The number of ether oxygens (including phenoxy) is 1. The number of aromatic nitrogens is 2. The smallest absolute Gasteiger partial charge is 0.195 e. The lowest BCUT2D eigenvalue weighted by molar-refractivity contribution is 0.413. The van der Waals surface area contributed by atoms with Crippen molar-refractivity contribution in [2.75, 3.05) is 7.11 Å². The molecular formula is C29H21N3OS. The van der Waals surface area contributed by atoms with Crippen LogP contribution >= 0.6 is 11.3 Å². The first kappa shape index (κ1) is 20.4. The molecule has 0 aliphatic rings. The molecule has 5 heteroatoms. The number of pyridine rings is 1. The van der Waals surface area contributed by atoms with Crippen molar-refractivity contribution in [1.82, 2.24) is 9.55 Å². The molecule has 0 amide bonds. The quantitative estimate of drug-likeness (QED) is 0.263. The molecule has 0 saturated heterocycles. The number of hydrogen-bond acceptors (Lipinski definition) is 4. The summed E-state index contributed by atoms with van der Waals surface area (Å²) in [6.45, 7) is 0. The average Bonchev–Trinajstić information content (AvgIpc) is 3.32. The van der Waals surface area contributed by atoms with Gasteiger partial charge in [0, 0.05) is 16.2 Å². The second kappa shape index (κ2) is 8.61. The van der Waals surface area contributed by atoms with Gasteiger partial charge >= 0.3 is 0 Å². The van der Waals surface area contributed by atoms with E-state index in [1.54, 1.807) is 18.4 Å². The van der Waals surface area contributed by atoms with Gasteiger partial charge in [-0.05, 0) is 29.8 Å². The van der Waals surface area contributed by atoms with E-state index in [0.717, 1.165) is 55.0 Å². The van der Waals surface area contributed by atoms with Gasteiger partial charge in [0.25, 0.3) is 0 Å². The number of thiazole rings is 1. The van der Waals surface area contributed by atoms with E-state index in [0.29, 0.717) is 0 Å². The highest BCUT2D eigenvalue weighted by Crippen LogP contribution is 2.34. The van der Waals surface area contributed by atoms with E-state index in [1.165, 1.54) is 0 Å². The normalized spacial score (nSPS) is 11.9. The van der Waals surface area contributed by atoms with Crippen LogP contribution in [-0.4, -0.2) is 16.7 Å². The van der Waals surface area contributed by atoms with Crippen LogP contribution in [0.3, 0.4) is 0 Å². The lowest BCUT2D eigenvalue weighted by Crippen LogP contribution is -2.14. The molecule has 0 radical (unpaired) electrons. The molecule has 0 N–H and O–H groups in total. The number of methoxy groups -OCH3 is 1. The maximum Gasteiger partial charge on any atom is 0.195 e.